The molecule has 2 aromatic heterocycles. The molecule has 0 unspecified atom stereocenters. The molecule has 0 spiro atoms. The smallest absolute Gasteiger partial charge is 0.273 e. The third-order valence-electron chi connectivity index (χ3n) is 3.33. The molecule has 0 aliphatic rings. The lowest BCUT2D eigenvalue weighted by atomic mass is 10.1. The van der Waals surface area contributed by atoms with Crippen molar-refractivity contribution >= 4 is 29.1 Å². The first kappa shape index (κ1) is 15.8. The summed E-state index contributed by atoms with van der Waals surface area (Å²) in [6.45, 7) is 8.28. The average molecular weight is 316 g/mol. The van der Waals surface area contributed by atoms with Crippen molar-refractivity contribution < 1.29 is 0 Å². The van der Waals surface area contributed by atoms with Crippen molar-refractivity contribution in [3.05, 3.63) is 58.4 Å². The maximum absolute atomic E-state index is 12.1. The predicted molar refractivity (Wildman–Crippen MR) is 88.4 cm³/mol. The second-order valence-electron chi connectivity index (χ2n) is 4.54. The van der Waals surface area contributed by atoms with Crippen LogP contribution in [0.15, 0.2) is 41.5 Å². The Morgan fingerprint density at radius 1 is 1.32 bits per heavy atom. The quantitative estimate of drug-likeness (QED) is 0.728. The highest BCUT2D eigenvalue weighted by Crippen LogP contribution is 2.37. The number of fused-ring (bicyclic) bond motifs is 1. The van der Waals surface area contributed by atoms with Gasteiger partial charge >= 0.3 is 0 Å². The first-order valence-corrected chi connectivity index (χ1v) is 6.50. The lowest BCUT2D eigenvalue weighted by Crippen LogP contribution is -2.16. The van der Waals surface area contributed by atoms with Crippen LogP contribution >= 0.6 is 12.4 Å². The number of hydrogen-bond acceptors (Lipinski definition) is 3. The number of rotatable bonds is 3. The number of aromatic nitrogens is 3. The van der Waals surface area contributed by atoms with Crippen molar-refractivity contribution in [1.82, 2.24) is 14.5 Å². The largest absolute Gasteiger partial charge is 0.344 e. The fourth-order valence-electron chi connectivity index (χ4n) is 2.52. The number of hydrogen-bond donors (Lipinski definition) is 2. The van der Waals surface area contributed by atoms with E-state index >= 15 is 0 Å². The molecule has 6 nitrogen and oxygen atoms in total. The van der Waals surface area contributed by atoms with Crippen LogP contribution in [0.3, 0.4) is 0 Å². The minimum absolute atomic E-state index is 0. The van der Waals surface area contributed by atoms with Crippen LogP contribution in [0, 0.1) is 6.57 Å². The Kier molecular flexibility index (Phi) is 4.61. The predicted octanol–water partition coefficient (Wildman–Crippen LogP) is 2.32. The van der Waals surface area contributed by atoms with Crippen LogP contribution in [0.25, 0.3) is 27.1 Å². The van der Waals surface area contributed by atoms with Gasteiger partial charge in [0.2, 0.25) is 5.69 Å². The molecule has 0 atom stereocenters. The van der Waals surface area contributed by atoms with Gasteiger partial charge in [-0.15, -0.1) is 12.4 Å². The molecular weight excluding hydrogens is 302 g/mol. The fourth-order valence-corrected chi connectivity index (χ4v) is 2.52. The van der Waals surface area contributed by atoms with E-state index in [9.17, 15) is 4.79 Å². The zero-order valence-corrected chi connectivity index (χ0v) is 12.4. The summed E-state index contributed by atoms with van der Waals surface area (Å²) in [6, 6.07) is 9.51. The molecule has 3 N–H and O–H groups in total. The van der Waals surface area contributed by atoms with Gasteiger partial charge in [0.05, 0.1) is 18.6 Å². The first-order valence-electron chi connectivity index (χ1n) is 6.50. The molecule has 0 saturated heterocycles. The summed E-state index contributed by atoms with van der Waals surface area (Å²) < 4.78 is 1.78. The van der Waals surface area contributed by atoms with Gasteiger partial charge in [0.1, 0.15) is 11.0 Å². The van der Waals surface area contributed by atoms with Crippen LogP contribution in [0.5, 0.6) is 0 Å². The van der Waals surface area contributed by atoms with Gasteiger partial charge in [-0.2, -0.15) is 0 Å². The van der Waals surface area contributed by atoms with E-state index in [1.165, 1.54) is 6.33 Å². The Balaban J connectivity index is 0.00000176. The van der Waals surface area contributed by atoms with Crippen molar-refractivity contribution in [1.29, 1.82) is 0 Å². The molecule has 3 aromatic rings. The molecule has 0 bridgehead atoms. The van der Waals surface area contributed by atoms with Crippen LogP contribution in [0.2, 0.25) is 0 Å². The molecule has 3 rings (SSSR count). The van der Waals surface area contributed by atoms with Crippen LogP contribution in [-0.2, 0) is 6.54 Å². The van der Waals surface area contributed by atoms with Gasteiger partial charge in [-0.25, -0.2) is 9.83 Å². The van der Waals surface area contributed by atoms with Crippen LogP contribution in [0.4, 0.5) is 5.69 Å². The summed E-state index contributed by atoms with van der Waals surface area (Å²) >= 11 is 0. The summed E-state index contributed by atoms with van der Waals surface area (Å²) in [6.07, 6.45) is 1.32. The van der Waals surface area contributed by atoms with Gasteiger partial charge in [0.15, 0.2) is 0 Å². The zero-order valence-electron chi connectivity index (χ0n) is 11.6. The van der Waals surface area contributed by atoms with Crippen molar-refractivity contribution in [2.24, 2.45) is 5.73 Å². The Labute approximate surface area is 132 Å². The van der Waals surface area contributed by atoms with E-state index in [2.05, 4.69) is 14.8 Å². The molecule has 22 heavy (non-hydrogen) atoms. The van der Waals surface area contributed by atoms with Crippen molar-refractivity contribution in [3.63, 3.8) is 0 Å². The van der Waals surface area contributed by atoms with Crippen molar-refractivity contribution in [3.8, 4) is 11.3 Å². The molecule has 7 heteroatoms. The average Bonchev–Trinajstić information content (AvgIpc) is 2.83. The van der Waals surface area contributed by atoms with Crippen LogP contribution < -0.4 is 11.3 Å². The molecule has 112 valence electrons. The lowest BCUT2D eigenvalue weighted by molar-refractivity contribution is 0.738. The van der Waals surface area contributed by atoms with Gasteiger partial charge in [-0.05, 0) is 5.56 Å². The number of halogens is 1. The molecule has 0 radical (unpaired) electrons. The number of H-pyrrole nitrogens is 1. The van der Waals surface area contributed by atoms with Crippen LogP contribution in [-0.4, -0.2) is 21.1 Å². The van der Waals surface area contributed by atoms with E-state index in [4.69, 9.17) is 12.3 Å². The molecule has 2 heterocycles. The maximum atomic E-state index is 12.1. The summed E-state index contributed by atoms with van der Waals surface area (Å²) in [4.78, 5) is 22.4. The number of nitrogens with one attached hydrogen (secondary N) is 1. The van der Waals surface area contributed by atoms with E-state index in [1.807, 2.05) is 30.3 Å². The monoisotopic (exact) mass is 315 g/mol. The Hall–Kier alpha value is -2.62. The second kappa shape index (κ2) is 6.43. The maximum Gasteiger partial charge on any atom is 0.273 e. The molecule has 0 aliphatic heterocycles. The van der Waals surface area contributed by atoms with E-state index in [-0.39, 0.29) is 18.0 Å². The fraction of sp³-hybridized carbons (Fsp3) is 0.133. The minimum Gasteiger partial charge on any atom is -0.344 e. The summed E-state index contributed by atoms with van der Waals surface area (Å²) in [7, 11) is 0. The zero-order chi connectivity index (χ0) is 14.8. The molecule has 0 aliphatic carbocycles. The highest BCUT2D eigenvalue weighted by molar-refractivity contribution is 5.99. The summed E-state index contributed by atoms with van der Waals surface area (Å²) in [5.41, 5.74) is 8.16. The molecule has 0 amide bonds. The second-order valence-corrected chi connectivity index (χ2v) is 4.54. The van der Waals surface area contributed by atoms with E-state index < -0.39 is 0 Å². The van der Waals surface area contributed by atoms with E-state index in [0.29, 0.717) is 35.5 Å². The molecular formula is C15H14ClN5O. The minimum atomic E-state index is -0.263. The van der Waals surface area contributed by atoms with Gasteiger partial charge < -0.3 is 15.3 Å². The highest BCUT2D eigenvalue weighted by atomic mass is 35.5. The van der Waals surface area contributed by atoms with Gasteiger partial charge in [-0.1, -0.05) is 30.3 Å². The van der Waals surface area contributed by atoms with E-state index in [1.54, 1.807) is 4.57 Å². The molecule has 1 aromatic carbocycles. The standard InChI is InChI=1S/C15H13N5O.ClH/c1-17-11-12-14(15(21)19-9-18-12)20(8-7-16)13(11)10-5-3-2-4-6-10;/h2-6,9H,7-8,16H2,(H,18,19,21);1H. The first-order chi connectivity index (χ1) is 10.3. The van der Waals surface area contributed by atoms with Gasteiger partial charge in [0, 0.05) is 13.1 Å². The Bertz CT molecular complexity index is 892. The number of nitrogens with two attached hydrogens (primary N) is 1. The van der Waals surface area contributed by atoms with Crippen LogP contribution in [0.1, 0.15) is 0 Å². The van der Waals surface area contributed by atoms with E-state index in [0.717, 1.165) is 5.56 Å². The lowest BCUT2D eigenvalue weighted by Gasteiger charge is -2.09. The van der Waals surface area contributed by atoms with Crippen molar-refractivity contribution in [2.45, 2.75) is 6.54 Å². The summed E-state index contributed by atoms with van der Waals surface area (Å²) in [5, 5.41) is 0. The Morgan fingerprint density at radius 2 is 2.05 bits per heavy atom. The molecule has 0 fully saturated rings. The van der Waals surface area contributed by atoms with Gasteiger partial charge in [0.25, 0.3) is 5.56 Å². The molecule has 0 saturated carbocycles. The number of benzene rings is 1. The van der Waals surface area contributed by atoms with Gasteiger partial charge in [-0.3, -0.25) is 4.79 Å². The summed E-state index contributed by atoms with van der Waals surface area (Å²) in [5.74, 6) is 0. The SMILES string of the molecule is Cl.[C-]#[N+]c1c(-c2ccccc2)n(CCN)c2c(=O)[nH]cnc12. The topological polar surface area (TPSA) is 81.1 Å². The third kappa shape index (κ3) is 2.37. The number of aromatic amines is 1. The van der Waals surface area contributed by atoms with Crippen molar-refractivity contribution in [2.75, 3.05) is 6.54 Å². The highest BCUT2D eigenvalue weighted by Gasteiger charge is 2.21. The Morgan fingerprint density at radius 3 is 2.68 bits per heavy atom. The number of nitrogens with zero attached hydrogens (tertiary/aromatic N) is 3. The normalized spacial score (nSPS) is 10.2. The third-order valence-corrected chi connectivity index (χ3v) is 3.33.